The number of carbonyl (C=O) groups excluding carboxylic acids is 1. The van der Waals surface area contributed by atoms with Crippen LogP contribution in [-0.4, -0.2) is 44.8 Å². The summed E-state index contributed by atoms with van der Waals surface area (Å²) >= 11 is 0. The van der Waals surface area contributed by atoms with Crippen LogP contribution in [0.1, 0.15) is 19.4 Å². The molecule has 0 aliphatic carbocycles. The average molecular weight is 311 g/mol. The molecule has 0 spiro atoms. The molecule has 1 heterocycles. The highest BCUT2D eigenvalue weighted by Crippen LogP contribution is 2.31. The van der Waals surface area contributed by atoms with Crippen molar-refractivity contribution in [2.45, 2.75) is 31.2 Å². The number of hydrogen-bond acceptors (Lipinski definition) is 4. The number of rotatable bonds is 4. The van der Waals surface area contributed by atoms with E-state index in [0.717, 1.165) is 12.0 Å². The maximum atomic E-state index is 12.6. The monoisotopic (exact) mass is 311 g/mol. The SMILES string of the molecule is CC(=O)N1CCc2ccc(S(=O)(=O)N(C)C(C)CN)cc21. The maximum absolute atomic E-state index is 12.6. The molecule has 0 fully saturated rings. The minimum atomic E-state index is -3.61. The molecule has 1 aromatic rings. The van der Waals surface area contributed by atoms with Crippen molar-refractivity contribution in [3.63, 3.8) is 0 Å². The van der Waals surface area contributed by atoms with Crippen molar-refractivity contribution in [3.8, 4) is 0 Å². The summed E-state index contributed by atoms with van der Waals surface area (Å²) < 4.78 is 26.4. The first-order valence-electron chi connectivity index (χ1n) is 6.88. The van der Waals surface area contributed by atoms with Gasteiger partial charge in [-0.3, -0.25) is 4.79 Å². The standard InChI is InChI=1S/C14H21N3O3S/c1-10(9-15)16(3)21(19,20)13-5-4-12-6-7-17(11(2)18)14(12)8-13/h4-5,8,10H,6-7,9,15H2,1-3H3. The minimum absolute atomic E-state index is 0.0769. The Bertz CT molecular complexity index is 657. The highest BCUT2D eigenvalue weighted by atomic mass is 32.2. The van der Waals surface area contributed by atoms with Gasteiger partial charge in [0.25, 0.3) is 0 Å². The van der Waals surface area contributed by atoms with Crippen LogP contribution in [0.15, 0.2) is 23.1 Å². The Morgan fingerprint density at radius 1 is 1.48 bits per heavy atom. The first-order valence-corrected chi connectivity index (χ1v) is 8.32. The number of amides is 1. The third-order valence-electron chi connectivity index (χ3n) is 3.97. The van der Waals surface area contributed by atoms with Crippen molar-refractivity contribution >= 4 is 21.6 Å². The molecular formula is C14H21N3O3S. The first-order chi connectivity index (χ1) is 9.78. The fourth-order valence-electron chi connectivity index (χ4n) is 2.40. The van der Waals surface area contributed by atoms with Crippen molar-refractivity contribution in [1.82, 2.24) is 4.31 Å². The lowest BCUT2D eigenvalue weighted by atomic mass is 10.2. The van der Waals surface area contributed by atoms with Crippen LogP contribution in [0.25, 0.3) is 0 Å². The van der Waals surface area contributed by atoms with E-state index in [1.54, 1.807) is 30.0 Å². The van der Waals surface area contributed by atoms with Gasteiger partial charge in [-0.1, -0.05) is 6.07 Å². The van der Waals surface area contributed by atoms with Crippen molar-refractivity contribution in [2.75, 3.05) is 25.0 Å². The lowest BCUT2D eigenvalue weighted by Gasteiger charge is -2.24. The quantitative estimate of drug-likeness (QED) is 0.881. The van der Waals surface area contributed by atoms with E-state index in [0.29, 0.717) is 12.2 Å². The molecule has 7 heteroatoms. The number of fused-ring (bicyclic) bond motifs is 1. The van der Waals surface area contributed by atoms with Gasteiger partial charge in [0.2, 0.25) is 15.9 Å². The molecule has 6 nitrogen and oxygen atoms in total. The number of anilines is 1. The Morgan fingerprint density at radius 2 is 2.14 bits per heavy atom. The fraction of sp³-hybridized carbons (Fsp3) is 0.500. The number of nitrogens with two attached hydrogens (primary N) is 1. The number of sulfonamides is 1. The minimum Gasteiger partial charge on any atom is -0.329 e. The Labute approximate surface area is 125 Å². The highest BCUT2D eigenvalue weighted by molar-refractivity contribution is 7.89. The van der Waals surface area contributed by atoms with Crippen LogP contribution in [0, 0.1) is 0 Å². The maximum Gasteiger partial charge on any atom is 0.243 e. The van der Waals surface area contributed by atoms with Crippen molar-refractivity contribution in [2.24, 2.45) is 5.73 Å². The van der Waals surface area contributed by atoms with Crippen LogP contribution in [0.4, 0.5) is 5.69 Å². The zero-order chi connectivity index (χ0) is 15.8. The molecule has 0 radical (unpaired) electrons. The van der Waals surface area contributed by atoms with Crippen molar-refractivity contribution in [1.29, 1.82) is 0 Å². The van der Waals surface area contributed by atoms with E-state index in [4.69, 9.17) is 5.73 Å². The van der Waals surface area contributed by atoms with Crippen molar-refractivity contribution in [3.05, 3.63) is 23.8 Å². The highest BCUT2D eigenvalue weighted by Gasteiger charge is 2.28. The number of hydrogen-bond donors (Lipinski definition) is 1. The normalized spacial score (nSPS) is 16.1. The van der Waals surface area contributed by atoms with Crippen LogP contribution >= 0.6 is 0 Å². The molecule has 1 unspecified atom stereocenters. The molecule has 1 atom stereocenters. The molecule has 116 valence electrons. The zero-order valence-electron chi connectivity index (χ0n) is 12.5. The molecule has 2 rings (SSSR count). The average Bonchev–Trinajstić information content (AvgIpc) is 2.88. The van der Waals surface area contributed by atoms with Crippen LogP contribution < -0.4 is 10.6 Å². The molecule has 0 aromatic heterocycles. The summed E-state index contributed by atoms with van der Waals surface area (Å²) in [6.45, 7) is 4.09. The number of carbonyl (C=O) groups is 1. The van der Waals surface area contributed by atoms with Crippen LogP contribution in [-0.2, 0) is 21.2 Å². The van der Waals surface area contributed by atoms with Gasteiger partial charge in [0.1, 0.15) is 0 Å². The summed E-state index contributed by atoms with van der Waals surface area (Å²) in [6.07, 6.45) is 0.754. The second-order valence-corrected chi connectivity index (χ2v) is 7.31. The number of nitrogens with zero attached hydrogens (tertiary/aromatic N) is 2. The summed E-state index contributed by atoms with van der Waals surface area (Å²) in [5, 5.41) is 0. The Morgan fingerprint density at radius 3 is 2.71 bits per heavy atom. The summed E-state index contributed by atoms with van der Waals surface area (Å²) in [6, 6.07) is 4.68. The van der Waals surface area contributed by atoms with E-state index < -0.39 is 10.0 Å². The topological polar surface area (TPSA) is 83.7 Å². The van der Waals surface area contributed by atoms with Gasteiger partial charge in [0.05, 0.1) is 4.90 Å². The van der Waals surface area contributed by atoms with E-state index >= 15 is 0 Å². The number of likely N-dealkylation sites (N-methyl/N-ethyl adjacent to an activating group) is 1. The Kier molecular flexibility index (Phi) is 4.36. The summed E-state index contributed by atoms with van der Waals surface area (Å²) in [4.78, 5) is 13.4. The van der Waals surface area contributed by atoms with Crippen LogP contribution in [0.5, 0.6) is 0 Å². The second kappa shape index (κ2) is 5.75. The fourth-order valence-corrected chi connectivity index (χ4v) is 3.79. The largest absolute Gasteiger partial charge is 0.329 e. The van der Waals surface area contributed by atoms with E-state index in [1.807, 2.05) is 0 Å². The van der Waals surface area contributed by atoms with E-state index in [2.05, 4.69) is 0 Å². The lowest BCUT2D eigenvalue weighted by Crippen LogP contribution is -2.39. The summed E-state index contributed by atoms with van der Waals surface area (Å²) in [5.74, 6) is -0.0769. The van der Waals surface area contributed by atoms with E-state index in [9.17, 15) is 13.2 Å². The van der Waals surface area contributed by atoms with Gasteiger partial charge in [-0.25, -0.2) is 8.42 Å². The molecule has 0 saturated heterocycles. The smallest absolute Gasteiger partial charge is 0.243 e. The van der Waals surface area contributed by atoms with Crippen LogP contribution in [0.3, 0.4) is 0 Å². The Balaban J connectivity index is 2.43. The third kappa shape index (κ3) is 2.81. The molecule has 1 aromatic carbocycles. The van der Waals surface area contributed by atoms with Gasteiger partial charge in [-0.05, 0) is 31.0 Å². The molecule has 1 aliphatic rings. The van der Waals surface area contributed by atoms with Gasteiger partial charge in [-0.15, -0.1) is 0 Å². The zero-order valence-corrected chi connectivity index (χ0v) is 13.4. The molecule has 0 saturated carbocycles. The van der Waals surface area contributed by atoms with E-state index in [-0.39, 0.29) is 23.4 Å². The van der Waals surface area contributed by atoms with Gasteiger partial charge in [0, 0.05) is 38.8 Å². The van der Waals surface area contributed by atoms with Gasteiger partial charge >= 0.3 is 0 Å². The molecular weight excluding hydrogens is 290 g/mol. The summed E-state index contributed by atoms with van der Waals surface area (Å²) in [5.41, 5.74) is 7.23. The molecule has 1 amide bonds. The first kappa shape index (κ1) is 15.9. The van der Waals surface area contributed by atoms with Gasteiger partial charge < -0.3 is 10.6 Å². The predicted molar refractivity (Wildman–Crippen MR) is 81.6 cm³/mol. The lowest BCUT2D eigenvalue weighted by molar-refractivity contribution is -0.116. The molecule has 1 aliphatic heterocycles. The van der Waals surface area contributed by atoms with Crippen LogP contribution in [0.2, 0.25) is 0 Å². The predicted octanol–water partition coefficient (Wildman–Crippen LogP) is 0.563. The second-order valence-electron chi connectivity index (χ2n) is 5.32. The van der Waals surface area contributed by atoms with Gasteiger partial charge in [0.15, 0.2) is 0 Å². The van der Waals surface area contributed by atoms with Crippen molar-refractivity contribution < 1.29 is 13.2 Å². The molecule has 0 bridgehead atoms. The third-order valence-corrected chi connectivity index (χ3v) is 5.94. The number of benzene rings is 1. The van der Waals surface area contributed by atoms with E-state index in [1.165, 1.54) is 18.3 Å². The molecule has 2 N–H and O–H groups in total. The van der Waals surface area contributed by atoms with Gasteiger partial charge in [-0.2, -0.15) is 4.31 Å². The molecule has 21 heavy (non-hydrogen) atoms. The Hall–Kier alpha value is -1.44. The summed E-state index contributed by atoms with van der Waals surface area (Å²) in [7, 11) is -2.09.